The zero-order valence-corrected chi connectivity index (χ0v) is 7.95. The Kier molecular flexibility index (Phi) is 6.62. The molecule has 13 heavy (non-hydrogen) atoms. The first-order valence-electron chi connectivity index (χ1n) is 2.51. The summed E-state index contributed by atoms with van der Waals surface area (Å²) < 4.78 is 55.6. The molecule has 7 nitrogen and oxygen atoms in total. The standard InChI is InChI=1S/C4H6.H2O7S2/c1-3-4-2;1-8(2,3)7-9(4,5)6/h3-4H,1-2H2;(H,1,2,3)(H,4,5,6). The van der Waals surface area contributed by atoms with Crippen LogP contribution in [0.2, 0.25) is 0 Å². The number of allylic oxidation sites excluding steroid dienone is 2. The molecule has 0 radical (unpaired) electrons. The van der Waals surface area contributed by atoms with E-state index in [2.05, 4.69) is 16.8 Å². The molecule has 0 fully saturated rings. The molecule has 0 saturated carbocycles. The Morgan fingerprint density at radius 3 is 1.15 bits per heavy atom. The van der Waals surface area contributed by atoms with Gasteiger partial charge in [-0.05, 0) is 0 Å². The van der Waals surface area contributed by atoms with Crippen LogP contribution in [0.15, 0.2) is 25.3 Å². The van der Waals surface area contributed by atoms with Crippen LogP contribution in [-0.2, 0) is 24.4 Å². The summed E-state index contributed by atoms with van der Waals surface area (Å²) in [7, 11) is -10.2. The summed E-state index contributed by atoms with van der Waals surface area (Å²) in [5.74, 6) is 0. The number of rotatable bonds is 3. The average molecular weight is 232 g/mol. The van der Waals surface area contributed by atoms with Crippen LogP contribution in [0, 0.1) is 0 Å². The van der Waals surface area contributed by atoms with Crippen molar-refractivity contribution < 1.29 is 29.6 Å². The first kappa shape index (κ1) is 14.8. The summed E-state index contributed by atoms with van der Waals surface area (Å²) in [5.41, 5.74) is 0. The smallest absolute Gasteiger partial charge is 0.263 e. The van der Waals surface area contributed by atoms with Gasteiger partial charge in [0, 0.05) is 0 Å². The molecule has 2 N–H and O–H groups in total. The Morgan fingerprint density at radius 1 is 0.923 bits per heavy atom. The minimum atomic E-state index is -5.12. The van der Waals surface area contributed by atoms with Gasteiger partial charge in [0.05, 0.1) is 0 Å². The maximum absolute atomic E-state index is 9.44. The van der Waals surface area contributed by atoms with Crippen LogP contribution in [0.3, 0.4) is 0 Å². The predicted molar refractivity (Wildman–Crippen MR) is 44.6 cm³/mol. The highest BCUT2D eigenvalue weighted by Gasteiger charge is 2.15. The van der Waals surface area contributed by atoms with Crippen molar-refractivity contribution in [3.05, 3.63) is 25.3 Å². The zero-order valence-electron chi connectivity index (χ0n) is 6.32. The third kappa shape index (κ3) is 24.6. The highest BCUT2D eigenvalue weighted by Crippen LogP contribution is 1.91. The molecule has 0 aliphatic heterocycles. The normalized spacial score (nSPS) is 10.9. The molecule has 0 aliphatic rings. The molecule has 0 unspecified atom stereocenters. The van der Waals surface area contributed by atoms with Gasteiger partial charge in [-0.1, -0.05) is 25.3 Å². The minimum Gasteiger partial charge on any atom is -0.263 e. The summed E-state index contributed by atoms with van der Waals surface area (Å²) in [6, 6.07) is 0. The van der Waals surface area contributed by atoms with E-state index in [1.807, 2.05) is 0 Å². The van der Waals surface area contributed by atoms with E-state index in [0.29, 0.717) is 0 Å². The molecule has 0 amide bonds. The van der Waals surface area contributed by atoms with E-state index in [0.717, 1.165) is 0 Å². The van der Waals surface area contributed by atoms with Crippen molar-refractivity contribution >= 4 is 20.8 Å². The molecule has 0 heterocycles. The predicted octanol–water partition coefficient (Wildman–Crippen LogP) is -0.0330. The number of hydrogen-bond donors (Lipinski definition) is 2. The van der Waals surface area contributed by atoms with E-state index in [-0.39, 0.29) is 0 Å². The van der Waals surface area contributed by atoms with Gasteiger partial charge in [-0.25, -0.2) is 0 Å². The zero-order chi connectivity index (χ0) is 11.1. The molecule has 0 saturated heterocycles. The first-order chi connectivity index (χ1) is 5.62. The van der Waals surface area contributed by atoms with Crippen molar-refractivity contribution in [2.24, 2.45) is 0 Å². The Labute approximate surface area is 76.2 Å². The van der Waals surface area contributed by atoms with E-state index in [1.54, 1.807) is 12.2 Å². The van der Waals surface area contributed by atoms with E-state index < -0.39 is 20.8 Å². The topological polar surface area (TPSA) is 118 Å². The van der Waals surface area contributed by atoms with Gasteiger partial charge < -0.3 is 0 Å². The van der Waals surface area contributed by atoms with Crippen molar-refractivity contribution in [2.75, 3.05) is 0 Å². The minimum absolute atomic E-state index is 1.64. The van der Waals surface area contributed by atoms with Crippen LogP contribution < -0.4 is 0 Å². The summed E-state index contributed by atoms with van der Waals surface area (Å²) in [4.78, 5) is 0. The van der Waals surface area contributed by atoms with Gasteiger partial charge in [0.15, 0.2) is 0 Å². The van der Waals surface area contributed by atoms with E-state index in [1.165, 1.54) is 0 Å². The van der Waals surface area contributed by atoms with Crippen molar-refractivity contribution in [2.45, 2.75) is 0 Å². The monoisotopic (exact) mass is 232 g/mol. The lowest BCUT2D eigenvalue weighted by Gasteiger charge is -1.89. The lowest BCUT2D eigenvalue weighted by Crippen LogP contribution is -2.10. The second kappa shape index (κ2) is 5.83. The molecule has 0 aromatic heterocycles. The van der Waals surface area contributed by atoms with Crippen LogP contribution >= 0.6 is 0 Å². The third-order valence-corrected chi connectivity index (χ3v) is 1.71. The summed E-state index contributed by atoms with van der Waals surface area (Å²) in [6.45, 7) is 6.72. The highest BCUT2D eigenvalue weighted by atomic mass is 32.3. The van der Waals surface area contributed by atoms with Gasteiger partial charge in [0.25, 0.3) is 0 Å². The lowest BCUT2D eigenvalue weighted by molar-refractivity contribution is 0.344. The fourth-order valence-corrected chi connectivity index (χ4v) is 0.978. The molecule has 0 atom stereocenters. The third-order valence-electron chi connectivity index (χ3n) is 0.339. The summed E-state index contributed by atoms with van der Waals surface area (Å²) in [5, 5.41) is 0. The van der Waals surface area contributed by atoms with Gasteiger partial charge in [-0.2, -0.15) is 16.8 Å². The van der Waals surface area contributed by atoms with E-state index >= 15 is 0 Å². The van der Waals surface area contributed by atoms with Crippen molar-refractivity contribution in [1.82, 2.24) is 0 Å². The van der Waals surface area contributed by atoms with Crippen molar-refractivity contribution in [3.8, 4) is 0 Å². The summed E-state index contributed by atoms with van der Waals surface area (Å²) in [6.07, 6.45) is 3.28. The van der Waals surface area contributed by atoms with Crippen LogP contribution in [0.5, 0.6) is 0 Å². The molecule has 9 heteroatoms. The molecular formula is C4H8O7S2. The molecular weight excluding hydrogens is 224 g/mol. The molecule has 0 spiro atoms. The van der Waals surface area contributed by atoms with Crippen LogP contribution in [0.25, 0.3) is 0 Å². The second-order valence-corrected chi connectivity index (χ2v) is 3.65. The molecule has 0 aromatic carbocycles. The molecule has 78 valence electrons. The fraction of sp³-hybridized carbons (Fsp3) is 0. The van der Waals surface area contributed by atoms with Crippen molar-refractivity contribution in [1.29, 1.82) is 0 Å². The Morgan fingerprint density at radius 2 is 1.15 bits per heavy atom. The highest BCUT2D eigenvalue weighted by molar-refractivity contribution is 7.94. The van der Waals surface area contributed by atoms with Crippen LogP contribution in [0.4, 0.5) is 0 Å². The van der Waals surface area contributed by atoms with Gasteiger partial charge in [-0.15, -0.1) is 3.63 Å². The molecule has 0 aliphatic carbocycles. The average Bonchev–Trinajstić information content (AvgIpc) is 1.80. The molecule has 0 rings (SSSR count). The second-order valence-electron chi connectivity index (χ2n) is 1.39. The fourth-order valence-electron chi connectivity index (χ4n) is 0.109. The summed E-state index contributed by atoms with van der Waals surface area (Å²) >= 11 is 0. The van der Waals surface area contributed by atoms with E-state index in [4.69, 9.17) is 9.11 Å². The van der Waals surface area contributed by atoms with E-state index in [9.17, 15) is 16.8 Å². The quantitative estimate of drug-likeness (QED) is 0.518. The van der Waals surface area contributed by atoms with Gasteiger partial charge in [0.1, 0.15) is 0 Å². The van der Waals surface area contributed by atoms with Gasteiger partial charge in [0.2, 0.25) is 0 Å². The lowest BCUT2D eigenvalue weighted by atomic mass is 10.6. The first-order valence-corrected chi connectivity index (χ1v) is 5.25. The largest absolute Gasteiger partial charge is 0.413 e. The van der Waals surface area contributed by atoms with Gasteiger partial charge >= 0.3 is 20.8 Å². The Balaban J connectivity index is 0. The van der Waals surface area contributed by atoms with Crippen molar-refractivity contribution in [3.63, 3.8) is 0 Å². The Hall–Kier alpha value is -0.740. The van der Waals surface area contributed by atoms with Gasteiger partial charge in [-0.3, -0.25) is 9.11 Å². The SMILES string of the molecule is C=CC=C.O=S(=O)(O)OS(=O)(=O)O. The maximum atomic E-state index is 9.44. The molecule has 0 bridgehead atoms. The van der Waals surface area contributed by atoms with Crippen LogP contribution in [-0.4, -0.2) is 25.9 Å². The van der Waals surface area contributed by atoms with Crippen LogP contribution in [0.1, 0.15) is 0 Å². The maximum Gasteiger partial charge on any atom is 0.413 e. The molecule has 0 aromatic rings. The Bertz CT molecular complexity index is 312. The number of hydrogen-bond acceptors (Lipinski definition) is 5.